The van der Waals surface area contributed by atoms with Gasteiger partial charge in [0.1, 0.15) is 6.54 Å². The van der Waals surface area contributed by atoms with Crippen LogP contribution in [0.15, 0.2) is 47.5 Å². The third-order valence-electron chi connectivity index (χ3n) is 4.75. The number of aryl methyl sites for hydroxylation is 1. The fraction of sp³-hybridized carbons (Fsp3) is 0.250. The number of hydrogen-bond acceptors (Lipinski definition) is 3. The molecule has 0 aliphatic heterocycles. The van der Waals surface area contributed by atoms with Crippen molar-refractivity contribution in [2.24, 2.45) is 0 Å². The fourth-order valence-electron chi connectivity index (χ4n) is 2.97. The van der Waals surface area contributed by atoms with Crippen LogP contribution in [0.1, 0.15) is 24.1 Å². The van der Waals surface area contributed by atoms with Gasteiger partial charge in [-0.2, -0.15) is 0 Å². The Morgan fingerprint density at radius 2 is 2.00 bits per heavy atom. The first-order valence-corrected chi connectivity index (χ1v) is 9.20. The van der Waals surface area contributed by atoms with E-state index in [9.17, 15) is 9.59 Å². The number of likely N-dealkylation sites (N-methyl/N-ethyl adjacent to an activating group) is 1. The molecule has 0 saturated heterocycles. The van der Waals surface area contributed by atoms with Crippen molar-refractivity contribution in [3.8, 4) is 0 Å². The van der Waals surface area contributed by atoms with Gasteiger partial charge in [0.25, 0.3) is 5.56 Å². The van der Waals surface area contributed by atoms with Crippen LogP contribution in [0.5, 0.6) is 0 Å². The molecule has 27 heavy (non-hydrogen) atoms. The van der Waals surface area contributed by atoms with Gasteiger partial charge in [-0.1, -0.05) is 41.4 Å². The first-order chi connectivity index (χ1) is 12.8. The maximum Gasteiger partial charge on any atom is 0.261 e. The molecule has 0 fully saturated rings. The molecule has 1 aromatic heterocycles. The van der Waals surface area contributed by atoms with E-state index in [4.69, 9.17) is 23.2 Å². The van der Waals surface area contributed by atoms with Crippen LogP contribution in [0, 0.1) is 6.92 Å². The summed E-state index contributed by atoms with van der Waals surface area (Å²) in [5.74, 6) is -0.218. The van der Waals surface area contributed by atoms with Crippen molar-refractivity contribution in [1.29, 1.82) is 0 Å². The van der Waals surface area contributed by atoms with Crippen molar-refractivity contribution >= 4 is 40.0 Å². The third kappa shape index (κ3) is 3.84. The van der Waals surface area contributed by atoms with Crippen LogP contribution in [0.25, 0.3) is 10.9 Å². The molecule has 1 heterocycles. The molecule has 0 radical (unpaired) electrons. The summed E-state index contributed by atoms with van der Waals surface area (Å²) in [4.78, 5) is 31.3. The van der Waals surface area contributed by atoms with Crippen LogP contribution < -0.4 is 5.56 Å². The lowest BCUT2D eigenvalue weighted by atomic mass is 10.1. The molecule has 0 saturated carbocycles. The van der Waals surface area contributed by atoms with Gasteiger partial charge in [-0.3, -0.25) is 14.2 Å². The minimum atomic E-state index is -0.270. The Labute approximate surface area is 167 Å². The van der Waals surface area contributed by atoms with Crippen LogP contribution >= 0.6 is 23.2 Å². The molecule has 0 aliphatic rings. The molecule has 0 bridgehead atoms. The van der Waals surface area contributed by atoms with Crippen molar-refractivity contribution in [1.82, 2.24) is 14.5 Å². The van der Waals surface area contributed by atoms with Crippen molar-refractivity contribution in [2.45, 2.75) is 26.4 Å². The van der Waals surface area contributed by atoms with E-state index in [0.717, 1.165) is 11.1 Å². The summed E-state index contributed by atoms with van der Waals surface area (Å²) in [5, 5.41) is 1.53. The molecular formula is C20H19Cl2N3O2. The van der Waals surface area contributed by atoms with Crippen molar-refractivity contribution in [2.75, 3.05) is 7.05 Å². The van der Waals surface area contributed by atoms with E-state index in [1.807, 2.05) is 26.0 Å². The average molecular weight is 404 g/mol. The number of aromatic nitrogens is 2. The number of benzene rings is 2. The highest BCUT2D eigenvalue weighted by molar-refractivity contribution is 6.35. The fourth-order valence-corrected chi connectivity index (χ4v) is 3.54. The Morgan fingerprint density at radius 1 is 1.26 bits per heavy atom. The third-order valence-corrected chi connectivity index (χ3v) is 5.31. The maximum atomic E-state index is 12.7. The summed E-state index contributed by atoms with van der Waals surface area (Å²) >= 11 is 12.2. The van der Waals surface area contributed by atoms with E-state index < -0.39 is 0 Å². The van der Waals surface area contributed by atoms with Gasteiger partial charge < -0.3 is 4.90 Å². The summed E-state index contributed by atoms with van der Waals surface area (Å²) in [7, 11) is 1.68. The first-order valence-electron chi connectivity index (χ1n) is 8.45. The lowest BCUT2D eigenvalue weighted by Gasteiger charge is -2.26. The van der Waals surface area contributed by atoms with Crippen LogP contribution in [0.3, 0.4) is 0 Å². The zero-order valence-electron chi connectivity index (χ0n) is 15.2. The molecule has 0 N–H and O–H groups in total. The highest BCUT2D eigenvalue weighted by atomic mass is 35.5. The largest absolute Gasteiger partial charge is 0.337 e. The Morgan fingerprint density at radius 3 is 2.70 bits per heavy atom. The molecule has 1 atom stereocenters. The Balaban J connectivity index is 1.85. The van der Waals surface area contributed by atoms with Crippen LogP contribution in [0.2, 0.25) is 10.0 Å². The molecular weight excluding hydrogens is 385 g/mol. The number of halogens is 2. The quantitative estimate of drug-likeness (QED) is 0.654. The summed E-state index contributed by atoms with van der Waals surface area (Å²) in [6.07, 6.45) is 1.42. The minimum absolute atomic E-state index is 0.0955. The molecule has 3 rings (SSSR count). The summed E-state index contributed by atoms with van der Waals surface area (Å²) in [6, 6.07) is 10.3. The van der Waals surface area contributed by atoms with Crippen LogP contribution in [-0.2, 0) is 11.3 Å². The molecule has 2 aromatic carbocycles. The number of nitrogens with zero attached hydrogens (tertiary/aromatic N) is 3. The van der Waals surface area contributed by atoms with Gasteiger partial charge in [0.15, 0.2) is 0 Å². The molecule has 0 unspecified atom stereocenters. The van der Waals surface area contributed by atoms with Gasteiger partial charge in [-0.15, -0.1) is 0 Å². The Hall–Kier alpha value is -2.37. The maximum absolute atomic E-state index is 12.7. The predicted octanol–water partition coefficient (Wildman–Crippen LogP) is 4.23. The highest BCUT2D eigenvalue weighted by Gasteiger charge is 2.20. The van der Waals surface area contributed by atoms with Crippen LogP contribution in [-0.4, -0.2) is 27.4 Å². The standard InChI is InChI=1S/C20H19Cl2N3O2/c1-12-5-4-6-16-19(12)23-11-25(20(16)27)10-18(26)24(3)13(2)15-8-7-14(21)9-17(15)22/h4-9,11,13H,10H2,1-3H3/t13-/m0/s1. The minimum Gasteiger partial charge on any atom is -0.337 e. The molecule has 0 aliphatic carbocycles. The molecule has 140 valence electrons. The first kappa shape index (κ1) is 19.4. The van der Waals surface area contributed by atoms with Gasteiger partial charge in [-0.05, 0) is 43.2 Å². The smallest absolute Gasteiger partial charge is 0.261 e. The lowest BCUT2D eigenvalue weighted by Crippen LogP contribution is -2.35. The number of rotatable bonds is 4. The summed E-state index contributed by atoms with van der Waals surface area (Å²) < 4.78 is 1.33. The number of carbonyl (C=O) groups is 1. The number of para-hydroxylation sites is 1. The topological polar surface area (TPSA) is 55.2 Å². The number of amides is 1. The Bertz CT molecular complexity index is 1080. The van der Waals surface area contributed by atoms with Gasteiger partial charge in [0.2, 0.25) is 5.91 Å². The van der Waals surface area contributed by atoms with Crippen LogP contribution in [0.4, 0.5) is 0 Å². The summed E-state index contributed by atoms with van der Waals surface area (Å²) in [6.45, 7) is 3.68. The SMILES string of the molecule is Cc1cccc2c(=O)n(CC(=O)N(C)[C@@H](C)c3ccc(Cl)cc3Cl)cnc12. The Kier molecular flexibility index (Phi) is 5.53. The normalized spacial score (nSPS) is 12.2. The van der Waals surface area contributed by atoms with E-state index in [2.05, 4.69) is 4.98 Å². The molecule has 0 spiro atoms. The second-order valence-electron chi connectivity index (χ2n) is 6.50. The van der Waals surface area contributed by atoms with Gasteiger partial charge in [0.05, 0.1) is 23.3 Å². The zero-order chi connectivity index (χ0) is 19.7. The lowest BCUT2D eigenvalue weighted by molar-refractivity contribution is -0.132. The predicted molar refractivity (Wildman–Crippen MR) is 108 cm³/mol. The van der Waals surface area contributed by atoms with Crippen molar-refractivity contribution in [3.05, 3.63) is 74.3 Å². The van der Waals surface area contributed by atoms with Gasteiger partial charge >= 0.3 is 0 Å². The molecule has 5 nitrogen and oxygen atoms in total. The number of carbonyl (C=O) groups excluding carboxylic acids is 1. The molecule has 3 aromatic rings. The van der Waals surface area contributed by atoms with Gasteiger partial charge in [-0.25, -0.2) is 4.98 Å². The van der Waals surface area contributed by atoms with Crippen molar-refractivity contribution < 1.29 is 4.79 Å². The van der Waals surface area contributed by atoms with E-state index in [-0.39, 0.29) is 24.1 Å². The second-order valence-corrected chi connectivity index (χ2v) is 7.34. The average Bonchev–Trinajstić information content (AvgIpc) is 2.63. The van der Waals surface area contributed by atoms with Crippen molar-refractivity contribution in [3.63, 3.8) is 0 Å². The second kappa shape index (κ2) is 7.71. The van der Waals surface area contributed by atoms with E-state index in [1.54, 1.807) is 36.2 Å². The molecule has 7 heteroatoms. The molecule has 1 amide bonds. The number of fused-ring (bicyclic) bond motifs is 1. The summed E-state index contributed by atoms with van der Waals surface area (Å²) in [5.41, 5.74) is 2.13. The highest BCUT2D eigenvalue weighted by Crippen LogP contribution is 2.29. The van der Waals surface area contributed by atoms with E-state index in [1.165, 1.54) is 10.9 Å². The van der Waals surface area contributed by atoms with E-state index >= 15 is 0 Å². The van der Waals surface area contributed by atoms with E-state index in [0.29, 0.717) is 20.9 Å². The number of hydrogen-bond donors (Lipinski definition) is 0. The monoisotopic (exact) mass is 403 g/mol. The zero-order valence-corrected chi connectivity index (χ0v) is 16.8. The van der Waals surface area contributed by atoms with Gasteiger partial charge in [0, 0.05) is 17.1 Å².